The first kappa shape index (κ1) is 20.1. The Hall–Kier alpha value is -2.22. The minimum atomic E-state index is -0.0502. The SMILES string of the molecule is CC(C)c1nc(CNC(=O)c2cc(-c3ccccc3)c(N3CCOCC3)s2)cs1. The predicted octanol–water partition coefficient (Wildman–Crippen LogP) is 4.76. The number of anilines is 1. The van der Waals surface area contributed by atoms with Gasteiger partial charge in [0.2, 0.25) is 0 Å². The highest BCUT2D eigenvalue weighted by Gasteiger charge is 2.22. The van der Waals surface area contributed by atoms with E-state index in [-0.39, 0.29) is 5.91 Å². The molecule has 2 aromatic heterocycles. The molecule has 0 aliphatic carbocycles. The third kappa shape index (κ3) is 4.69. The molecule has 152 valence electrons. The van der Waals surface area contributed by atoms with Crippen LogP contribution < -0.4 is 10.2 Å². The Kier molecular flexibility index (Phi) is 6.28. The van der Waals surface area contributed by atoms with Crippen molar-refractivity contribution in [2.45, 2.75) is 26.3 Å². The summed E-state index contributed by atoms with van der Waals surface area (Å²) in [6.45, 7) is 7.84. The average molecular weight is 428 g/mol. The smallest absolute Gasteiger partial charge is 0.261 e. The van der Waals surface area contributed by atoms with Crippen molar-refractivity contribution in [1.29, 1.82) is 0 Å². The molecule has 0 atom stereocenters. The Morgan fingerprint density at radius 1 is 1.24 bits per heavy atom. The van der Waals surface area contributed by atoms with Crippen LogP contribution in [0.3, 0.4) is 0 Å². The van der Waals surface area contributed by atoms with E-state index in [1.807, 2.05) is 29.6 Å². The van der Waals surface area contributed by atoms with Gasteiger partial charge in [0, 0.05) is 30.0 Å². The lowest BCUT2D eigenvalue weighted by atomic mass is 10.1. The van der Waals surface area contributed by atoms with Gasteiger partial charge in [0.25, 0.3) is 5.91 Å². The quantitative estimate of drug-likeness (QED) is 0.616. The number of nitrogens with one attached hydrogen (secondary N) is 1. The number of carbonyl (C=O) groups is 1. The van der Waals surface area contributed by atoms with Crippen molar-refractivity contribution < 1.29 is 9.53 Å². The summed E-state index contributed by atoms with van der Waals surface area (Å²) < 4.78 is 5.51. The number of thiophene rings is 1. The summed E-state index contributed by atoms with van der Waals surface area (Å²) in [7, 11) is 0. The van der Waals surface area contributed by atoms with Crippen molar-refractivity contribution in [2.24, 2.45) is 0 Å². The summed E-state index contributed by atoms with van der Waals surface area (Å²) in [6.07, 6.45) is 0. The largest absolute Gasteiger partial charge is 0.378 e. The number of hydrogen-bond donors (Lipinski definition) is 1. The Bertz CT molecular complexity index is 960. The van der Waals surface area contributed by atoms with Crippen LogP contribution >= 0.6 is 22.7 Å². The molecule has 1 aromatic carbocycles. The fourth-order valence-electron chi connectivity index (χ4n) is 3.25. The first-order valence-electron chi connectivity index (χ1n) is 9.86. The molecule has 1 aliphatic heterocycles. The molecule has 0 radical (unpaired) electrons. The molecule has 1 N–H and O–H groups in total. The van der Waals surface area contributed by atoms with Crippen molar-refractivity contribution >= 4 is 33.6 Å². The van der Waals surface area contributed by atoms with Crippen molar-refractivity contribution in [1.82, 2.24) is 10.3 Å². The molecule has 1 saturated heterocycles. The van der Waals surface area contributed by atoms with Gasteiger partial charge in [-0.15, -0.1) is 22.7 Å². The van der Waals surface area contributed by atoms with Crippen LogP contribution in [-0.4, -0.2) is 37.2 Å². The van der Waals surface area contributed by atoms with Crippen LogP contribution in [0.2, 0.25) is 0 Å². The summed E-state index contributed by atoms with van der Waals surface area (Å²) in [5.74, 6) is 0.358. The standard InChI is InChI=1S/C22H25N3O2S2/c1-15(2)21-24-17(14-28-21)13-23-20(26)19-12-18(16-6-4-3-5-7-16)22(29-19)25-8-10-27-11-9-25/h3-7,12,14-15H,8-11,13H2,1-2H3,(H,23,26). The normalized spacial score (nSPS) is 14.4. The van der Waals surface area contributed by atoms with E-state index in [2.05, 4.69) is 41.2 Å². The molecule has 4 rings (SSSR count). The molecule has 29 heavy (non-hydrogen) atoms. The number of thiazole rings is 1. The van der Waals surface area contributed by atoms with Gasteiger partial charge in [0.15, 0.2) is 0 Å². The van der Waals surface area contributed by atoms with Crippen LogP contribution in [0.25, 0.3) is 11.1 Å². The lowest BCUT2D eigenvalue weighted by Gasteiger charge is -2.28. The minimum absolute atomic E-state index is 0.0502. The molecule has 0 saturated carbocycles. The minimum Gasteiger partial charge on any atom is -0.378 e. The van der Waals surface area contributed by atoms with Crippen LogP contribution in [0.5, 0.6) is 0 Å². The van der Waals surface area contributed by atoms with Crippen molar-refractivity contribution in [3.05, 3.63) is 57.4 Å². The molecule has 0 unspecified atom stereocenters. The van der Waals surface area contributed by atoms with Gasteiger partial charge < -0.3 is 15.0 Å². The second kappa shape index (κ2) is 9.07. The maximum atomic E-state index is 12.9. The van der Waals surface area contributed by atoms with E-state index < -0.39 is 0 Å². The molecule has 0 bridgehead atoms. The van der Waals surface area contributed by atoms with Gasteiger partial charge in [-0.25, -0.2) is 4.98 Å². The van der Waals surface area contributed by atoms with Crippen molar-refractivity contribution in [2.75, 3.05) is 31.2 Å². The summed E-state index contributed by atoms with van der Waals surface area (Å²) >= 11 is 3.20. The summed E-state index contributed by atoms with van der Waals surface area (Å²) in [5, 5.41) is 7.30. The fourth-order valence-corrected chi connectivity index (χ4v) is 5.23. The maximum absolute atomic E-state index is 12.9. The highest BCUT2D eigenvalue weighted by molar-refractivity contribution is 7.18. The Labute approximate surface area is 179 Å². The van der Waals surface area contributed by atoms with Crippen LogP contribution in [0.4, 0.5) is 5.00 Å². The zero-order valence-electron chi connectivity index (χ0n) is 16.7. The Morgan fingerprint density at radius 2 is 2.00 bits per heavy atom. The zero-order valence-corrected chi connectivity index (χ0v) is 18.3. The number of amides is 1. The molecule has 0 spiro atoms. The number of nitrogens with zero attached hydrogens (tertiary/aromatic N) is 2. The third-order valence-electron chi connectivity index (χ3n) is 4.81. The van der Waals surface area contributed by atoms with Gasteiger partial charge >= 0.3 is 0 Å². The summed E-state index contributed by atoms with van der Waals surface area (Å²) in [4.78, 5) is 20.5. The number of hydrogen-bond acceptors (Lipinski definition) is 6. The molecule has 5 nitrogen and oxygen atoms in total. The average Bonchev–Trinajstić information content (AvgIpc) is 3.41. The number of carbonyl (C=O) groups excluding carboxylic acids is 1. The van der Waals surface area contributed by atoms with Gasteiger partial charge in [-0.1, -0.05) is 44.2 Å². The summed E-state index contributed by atoms with van der Waals surface area (Å²) in [6, 6.07) is 12.3. The molecule has 1 fully saturated rings. The second-order valence-corrected chi connectivity index (χ2v) is 9.23. The van der Waals surface area contributed by atoms with E-state index in [0.717, 1.165) is 58.0 Å². The predicted molar refractivity (Wildman–Crippen MR) is 120 cm³/mol. The molecule has 1 aliphatic rings. The van der Waals surface area contributed by atoms with E-state index >= 15 is 0 Å². The van der Waals surface area contributed by atoms with Crippen LogP contribution in [-0.2, 0) is 11.3 Å². The van der Waals surface area contributed by atoms with Crippen LogP contribution in [0.1, 0.15) is 40.1 Å². The Balaban J connectivity index is 1.54. The molecule has 1 amide bonds. The van der Waals surface area contributed by atoms with Gasteiger partial charge in [-0.3, -0.25) is 4.79 Å². The van der Waals surface area contributed by atoms with Gasteiger partial charge in [0.05, 0.1) is 40.3 Å². The van der Waals surface area contributed by atoms with Crippen LogP contribution in [0.15, 0.2) is 41.8 Å². The zero-order chi connectivity index (χ0) is 20.2. The van der Waals surface area contributed by atoms with Crippen molar-refractivity contribution in [3.63, 3.8) is 0 Å². The number of rotatable bonds is 6. The number of ether oxygens (including phenoxy) is 1. The van der Waals surface area contributed by atoms with E-state index in [4.69, 9.17) is 4.74 Å². The van der Waals surface area contributed by atoms with Gasteiger partial charge in [0.1, 0.15) is 0 Å². The molecule has 7 heteroatoms. The lowest BCUT2D eigenvalue weighted by molar-refractivity contribution is 0.0954. The number of benzene rings is 1. The summed E-state index contributed by atoms with van der Waals surface area (Å²) in [5.41, 5.74) is 3.16. The topological polar surface area (TPSA) is 54.5 Å². The van der Waals surface area contributed by atoms with E-state index in [0.29, 0.717) is 12.5 Å². The fraction of sp³-hybridized carbons (Fsp3) is 0.364. The number of aromatic nitrogens is 1. The maximum Gasteiger partial charge on any atom is 0.261 e. The third-order valence-corrected chi connectivity index (χ3v) is 7.20. The monoisotopic (exact) mass is 427 g/mol. The van der Waals surface area contributed by atoms with E-state index in [1.54, 1.807) is 22.7 Å². The Morgan fingerprint density at radius 3 is 2.69 bits per heavy atom. The van der Waals surface area contributed by atoms with E-state index in [1.165, 1.54) is 0 Å². The molecular weight excluding hydrogens is 402 g/mol. The molecular formula is C22H25N3O2S2. The van der Waals surface area contributed by atoms with Gasteiger partial charge in [-0.05, 0) is 11.6 Å². The first-order valence-corrected chi connectivity index (χ1v) is 11.6. The first-order chi connectivity index (χ1) is 14.1. The van der Waals surface area contributed by atoms with Crippen molar-refractivity contribution in [3.8, 4) is 11.1 Å². The van der Waals surface area contributed by atoms with Gasteiger partial charge in [-0.2, -0.15) is 0 Å². The molecule has 3 aromatic rings. The lowest BCUT2D eigenvalue weighted by Crippen LogP contribution is -2.35. The number of morpholine rings is 1. The highest BCUT2D eigenvalue weighted by Crippen LogP contribution is 2.39. The molecule has 3 heterocycles. The highest BCUT2D eigenvalue weighted by atomic mass is 32.1. The van der Waals surface area contributed by atoms with E-state index in [9.17, 15) is 4.79 Å². The van der Waals surface area contributed by atoms with Crippen LogP contribution in [0, 0.1) is 0 Å². The second-order valence-electron chi connectivity index (χ2n) is 7.31.